The molecule has 48 heavy (non-hydrogen) atoms. The lowest BCUT2D eigenvalue weighted by Gasteiger charge is -2.45. The molecule has 2 aliphatic rings. The van der Waals surface area contributed by atoms with Gasteiger partial charge < -0.3 is 14.2 Å². The second-order valence-electron chi connectivity index (χ2n) is 13.4. The Balaban J connectivity index is 1.36. The van der Waals surface area contributed by atoms with Crippen molar-refractivity contribution in [1.82, 2.24) is 34.2 Å². The molecule has 1 aliphatic heterocycles. The third-order valence-corrected chi connectivity index (χ3v) is 9.46. The molecule has 252 valence electrons. The molecule has 0 saturated carbocycles. The van der Waals surface area contributed by atoms with Crippen LogP contribution in [0.3, 0.4) is 0 Å². The molecule has 6 rings (SSSR count). The third kappa shape index (κ3) is 8.07. The van der Waals surface area contributed by atoms with Crippen molar-refractivity contribution in [1.29, 1.82) is 0 Å². The van der Waals surface area contributed by atoms with Gasteiger partial charge in [0.2, 0.25) is 5.91 Å². The number of imidazole rings is 1. The van der Waals surface area contributed by atoms with E-state index in [4.69, 9.17) is 21.3 Å². The number of carbonyl (C=O) groups excluding carboxylic acids is 2. The molecule has 0 radical (unpaired) electrons. The van der Waals surface area contributed by atoms with Gasteiger partial charge in [-0.15, -0.1) is 0 Å². The molecule has 0 spiro atoms. The highest BCUT2D eigenvalue weighted by Gasteiger charge is 2.43. The average Bonchev–Trinajstić information content (AvgIpc) is 3.52. The zero-order valence-corrected chi connectivity index (χ0v) is 29.9. The molecular formula is C36H41BrClN7O3. The highest BCUT2D eigenvalue weighted by molar-refractivity contribution is 9.10. The minimum Gasteiger partial charge on any atom is -0.444 e. The van der Waals surface area contributed by atoms with Crippen molar-refractivity contribution in [3.8, 4) is 0 Å². The van der Waals surface area contributed by atoms with E-state index in [1.54, 1.807) is 29.8 Å². The van der Waals surface area contributed by atoms with Crippen molar-refractivity contribution in [2.45, 2.75) is 70.8 Å². The lowest BCUT2D eigenvalue weighted by Crippen LogP contribution is -2.62. The van der Waals surface area contributed by atoms with Crippen LogP contribution in [-0.2, 0) is 35.5 Å². The molecule has 12 heteroatoms. The van der Waals surface area contributed by atoms with E-state index >= 15 is 0 Å². The Morgan fingerprint density at radius 1 is 1.06 bits per heavy atom. The van der Waals surface area contributed by atoms with E-state index < -0.39 is 17.7 Å². The van der Waals surface area contributed by atoms with Gasteiger partial charge in [0.05, 0.1) is 18.1 Å². The molecule has 0 N–H and O–H groups in total. The standard InChI is InChI=1S/C36H41BrClN7O3/c1-36(2,3)48-35(47)45-17-16-43(33-30-10-9-29(38)19-26(30)7-8-27-18-28(37)21-41-32(27)33)23-31(45)34(46)44(22-25-6-4-11-39-20-25)14-5-13-42-15-12-40-24-42/h4,6,9-12,15,18-21,24,31,33H,5,7-8,13-14,16-17,22-23H2,1-3H3/t31-,33+/m1/s1. The van der Waals surface area contributed by atoms with Crippen LogP contribution in [0.5, 0.6) is 0 Å². The Morgan fingerprint density at radius 3 is 2.65 bits per heavy atom. The van der Waals surface area contributed by atoms with Gasteiger partial charge in [0, 0.05) is 79.7 Å². The predicted octanol–water partition coefficient (Wildman–Crippen LogP) is 6.32. The zero-order chi connectivity index (χ0) is 33.8. The summed E-state index contributed by atoms with van der Waals surface area (Å²) in [6.07, 6.45) is 12.7. The summed E-state index contributed by atoms with van der Waals surface area (Å²) in [4.78, 5) is 47.7. The second-order valence-corrected chi connectivity index (χ2v) is 14.8. The van der Waals surface area contributed by atoms with Crippen LogP contribution in [-0.4, -0.2) is 84.0 Å². The fourth-order valence-corrected chi connectivity index (χ4v) is 7.20. The van der Waals surface area contributed by atoms with E-state index in [1.807, 2.05) is 66.9 Å². The van der Waals surface area contributed by atoms with Crippen molar-refractivity contribution in [3.63, 3.8) is 0 Å². The first-order valence-electron chi connectivity index (χ1n) is 16.4. The first-order valence-corrected chi connectivity index (χ1v) is 17.5. The number of pyridine rings is 2. The van der Waals surface area contributed by atoms with Crippen LogP contribution in [0.2, 0.25) is 5.02 Å². The monoisotopic (exact) mass is 733 g/mol. The SMILES string of the molecule is CC(C)(C)OC(=O)N1CCN([C@H]2c3ccc(Cl)cc3CCc3cc(Br)cnc32)C[C@@H]1C(=O)N(CCCn1ccnc1)Cc1cccnc1. The zero-order valence-electron chi connectivity index (χ0n) is 27.6. The third-order valence-electron chi connectivity index (χ3n) is 8.79. The number of ether oxygens (including phenoxy) is 1. The van der Waals surface area contributed by atoms with Gasteiger partial charge in [-0.2, -0.15) is 0 Å². The van der Waals surface area contributed by atoms with E-state index in [1.165, 1.54) is 0 Å². The largest absolute Gasteiger partial charge is 0.444 e. The molecule has 2 amide bonds. The minimum atomic E-state index is -0.781. The van der Waals surface area contributed by atoms with Gasteiger partial charge in [0.15, 0.2) is 0 Å². The van der Waals surface area contributed by atoms with Crippen molar-refractivity contribution in [2.24, 2.45) is 0 Å². The van der Waals surface area contributed by atoms with Gasteiger partial charge in [-0.1, -0.05) is 23.7 Å². The van der Waals surface area contributed by atoms with Gasteiger partial charge >= 0.3 is 6.09 Å². The fraction of sp³-hybridized carbons (Fsp3) is 0.417. The molecule has 1 fully saturated rings. The summed E-state index contributed by atoms with van der Waals surface area (Å²) in [5, 5.41) is 0.692. The van der Waals surface area contributed by atoms with Gasteiger partial charge in [0.1, 0.15) is 11.6 Å². The normalized spacial score (nSPS) is 18.1. The lowest BCUT2D eigenvalue weighted by atomic mass is 9.95. The number of aryl methyl sites for hydroxylation is 3. The van der Waals surface area contributed by atoms with E-state index in [0.29, 0.717) is 50.7 Å². The van der Waals surface area contributed by atoms with Crippen molar-refractivity contribution in [2.75, 3.05) is 26.2 Å². The van der Waals surface area contributed by atoms with E-state index in [2.05, 4.69) is 42.9 Å². The number of hydrogen-bond donors (Lipinski definition) is 0. The number of rotatable bonds is 8. The average molecular weight is 735 g/mol. The lowest BCUT2D eigenvalue weighted by molar-refractivity contribution is -0.140. The van der Waals surface area contributed by atoms with Crippen LogP contribution < -0.4 is 0 Å². The Morgan fingerprint density at radius 2 is 1.90 bits per heavy atom. The number of hydrogen-bond acceptors (Lipinski definition) is 7. The van der Waals surface area contributed by atoms with Crippen LogP contribution in [0.4, 0.5) is 4.79 Å². The van der Waals surface area contributed by atoms with E-state index in [-0.39, 0.29) is 11.9 Å². The Bertz CT molecular complexity index is 1680. The molecule has 2 atom stereocenters. The Hall–Kier alpha value is -3.80. The molecule has 0 unspecified atom stereocenters. The molecule has 4 aromatic rings. The highest BCUT2D eigenvalue weighted by atomic mass is 79.9. The quantitative estimate of drug-likeness (QED) is 0.209. The predicted molar refractivity (Wildman–Crippen MR) is 187 cm³/mol. The van der Waals surface area contributed by atoms with Crippen LogP contribution in [0.25, 0.3) is 0 Å². The number of carbonyl (C=O) groups is 2. The molecule has 1 saturated heterocycles. The molecule has 10 nitrogen and oxygen atoms in total. The van der Waals surface area contributed by atoms with Gasteiger partial charge in [-0.05, 0) is 102 Å². The van der Waals surface area contributed by atoms with Gasteiger partial charge in [-0.3, -0.25) is 24.6 Å². The van der Waals surface area contributed by atoms with Crippen LogP contribution in [0, 0.1) is 0 Å². The van der Waals surface area contributed by atoms with Crippen molar-refractivity contribution >= 4 is 39.5 Å². The first-order chi connectivity index (χ1) is 23.1. The van der Waals surface area contributed by atoms with Crippen molar-refractivity contribution in [3.05, 3.63) is 111 Å². The maximum absolute atomic E-state index is 14.8. The molecule has 3 aromatic heterocycles. The Labute approximate surface area is 295 Å². The molecule has 1 aliphatic carbocycles. The topological polar surface area (TPSA) is 96.7 Å². The summed E-state index contributed by atoms with van der Waals surface area (Å²) in [5.74, 6) is -0.131. The highest BCUT2D eigenvalue weighted by Crippen LogP contribution is 2.39. The summed E-state index contributed by atoms with van der Waals surface area (Å²) >= 11 is 10.1. The summed E-state index contributed by atoms with van der Waals surface area (Å²) < 4.78 is 8.80. The first kappa shape index (κ1) is 34.1. The second kappa shape index (κ2) is 14.8. The molecule has 0 bridgehead atoms. The van der Waals surface area contributed by atoms with E-state index in [9.17, 15) is 9.59 Å². The summed E-state index contributed by atoms with van der Waals surface area (Å²) in [6.45, 7) is 8.29. The number of fused-ring (bicyclic) bond motifs is 2. The maximum Gasteiger partial charge on any atom is 0.411 e. The number of halogens is 2. The number of piperazine rings is 1. The summed E-state index contributed by atoms with van der Waals surface area (Å²) in [7, 11) is 0. The van der Waals surface area contributed by atoms with Crippen molar-refractivity contribution < 1.29 is 14.3 Å². The smallest absolute Gasteiger partial charge is 0.411 e. The summed E-state index contributed by atoms with van der Waals surface area (Å²) in [6, 6.07) is 11.0. The molecule has 1 aromatic carbocycles. The summed E-state index contributed by atoms with van der Waals surface area (Å²) in [5.41, 5.74) is 4.61. The Kier molecular flexibility index (Phi) is 10.5. The number of aromatic nitrogens is 4. The molecular weight excluding hydrogens is 694 g/mol. The number of benzene rings is 1. The number of amides is 2. The van der Waals surface area contributed by atoms with Crippen LogP contribution in [0.15, 0.2) is 78.2 Å². The minimum absolute atomic E-state index is 0.131. The van der Waals surface area contributed by atoms with Gasteiger partial charge in [-0.25, -0.2) is 9.78 Å². The van der Waals surface area contributed by atoms with Crippen LogP contribution >= 0.6 is 27.5 Å². The molecule has 4 heterocycles. The number of nitrogens with zero attached hydrogens (tertiary/aromatic N) is 7. The van der Waals surface area contributed by atoms with E-state index in [0.717, 1.165) is 45.3 Å². The maximum atomic E-state index is 14.8. The van der Waals surface area contributed by atoms with Gasteiger partial charge in [0.25, 0.3) is 0 Å². The fourth-order valence-electron chi connectivity index (χ4n) is 6.62. The van der Waals surface area contributed by atoms with Crippen LogP contribution in [0.1, 0.15) is 61.2 Å².